The summed E-state index contributed by atoms with van der Waals surface area (Å²) in [6, 6.07) is 61.5. The molecule has 2 heterocycles. The number of hydrogen-bond donors (Lipinski definition) is 0. The van der Waals surface area contributed by atoms with Gasteiger partial charge in [-0.3, -0.25) is 4.40 Å². The third kappa shape index (κ3) is 4.02. The van der Waals surface area contributed by atoms with Crippen molar-refractivity contribution in [2.24, 2.45) is 0 Å². The summed E-state index contributed by atoms with van der Waals surface area (Å²) in [4.78, 5) is 5.44. The Labute approximate surface area is 271 Å². The highest BCUT2D eigenvalue weighted by atomic mass is 15.0. The molecule has 0 spiro atoms. The van der Waals surface area contributed by atoms with E-state index in [1.165, 1.54) is 71.1 Å². The second kappa shape index (κ2) is 10.1. The van der Waals surface area contributed by atoms with Crippen molar-refractivity contribution in [3.63, 3.8) is 0 Å². The lowest BCUT2D eigenvalue weighted by atomic mass is 9.92. The molecule has 2 nitrogen and oxygen atoms in total. The molecule has 0 radical (unpaired) electrons. The Morgan fingerprint density at radius 2 is 0.894 bits per heavy atom. The molecule has 0 bridgehead atoms. The number of benzene rings is 8. The van der Waals surface area contributed by atoms with E-state index in [1.807, 2.05) is 0 Å². The lowest BCUT2D eigenvalue weighted by Gasteiger charge is -2.15. The first kappa shape index (κ1) is 26.0. The minimum absolute atomic E-state index is 0.996. The van der Waals surface area contributed by atoms with E-state index in [0.717, 1.165) is 22.2 Å². The number of rotatable bonds is 3. The van der Waals surface area contributed by atoms with Crippen LogP contribution in [-0.4, -0.2) is 9.38 Å². The first-order valence-electron chi connectivity index (χ1n) is 16.1. The zero-order chi connectivity index (χ0) is 30.9. The van der Waals surface area contributed by atoms with Gasteiger partial charge in [0.25, 0.3) is 0 Å². The number of aromatic nitrogens is 2. The monoisotopic (exact) mass is 596 g/mol. The van der Waals surface area contributed by atoms with Gasteiger partial charge in [0.05, 0.1) is 16.6 Å². The molecular weight excluding hydrogens is 569 g/mol. The topological polar surface area (TPSA) is 17.3 Å². The van der Waals surface area contributed by atoms with Crippen LogP contribution in [0.3, 0.4) is 0 Å². The molecule has 0 saturated heterocycles. The lowest BCUT2D eigenvalue weighted by molar-refractivity contribution is 1.32. The van der Waals surface area contributed by atoms with Crippen molar-refractivity contribution in [2.45, 2.75) is 0 Å². The van der Waals surface area contributed by atoms with Crippen LogP contribution in [0.15, 0.2) is 170 Å². The van der Waals surface area contributed by atoms with E-state index in [9.17, 15) is 0 Å². The van der Waals surface area contributed by atoms with Crippen LogP contribution in [0.5, 0.6) is 0 Å². The van der Waals surface area contributed by atoms with Crippen molar-refractivity contribution >= 4 is 59.9 Å². The van der Waals surface area contributed by atoms with Crippen LogP contribution in [0.4, 0.5) is 0 Å². The van der Waals surface area contributed by atoms with E-state index in [4.69, 9.17) is 4.98 Å². The van der Waals surface area contributed by atoms with Crippen LogP contribution in [0, 0.1) is 0 Å². The Hall–Kier alpha value is -6.25. The zero-order valence-electron chi connectivity index (χ0n) is 25.6. The fourth-order valence-corrected chi connectivity index (χ4v) is 7.47. The van der Waals surface area contributed by atoms with Crippen LogP contribution in [0.25, 0.3) is 93.3 Å². The molecule has 2 aromatic heterocycles. The van der Waals surface area contributed by atoms with Gasteiger partial charge in [-0.25, -0.2) is 4.98 Å². The van der Waals surface area contributed by atoms with Crippen LogP contribution in [0.2, 0.25) is 0 Å². The average molecular weight is 597 g/mol. The number of imidazole rings is 1. The largest absolute Gasteiger partial charge is 0.292 e. The Morgan fingerprint density at radius 1 is 0.340 bits per heavy atom. The SMILES string of the molecule is c1ccc(-c2cc(-c3ccccc3)cc(-c3ccc4c5ccc6ccccc6c5c5nc6c7ccccc7ccc6n5c4c3)c2)cc1. The Kier molecular flexibility index (Phi) is 5.61. The molecule has 218 valence electrons. The third-order valence-electron chi connectivity index (χ3n) is 9.71. The first-order chi connectivity index (χ1) is 23.3. The van der Waals surface area contributed by atoms with Crippen molar-refractivity contribution in [3.8, 4) is 33.4 Å². The van der Waals surface area contributed by atoms with E-state index in [0.29, 0.717) is 0 Å². The summed E-state index contributed by atoms with van der Waals surface area (Å²) in [5.41, 5.74) is 11.5. The highest BCUT2D eigenvalue weighted by molar-refractivity contribution is 6.24. The van der Waals surface area contributed by atoms with Gasteiger partial charge in [0.15, 0.2) is 0 Å². The van der Waals surface area contributed by atoms with Gasteiger partial charge in [-0.05, 0) is 85.3 Å². The summed E-state index contributed by atoms with van der Waals surface area (Å²) >= 11 is 0. The van der Waals surface area contributed by atoms with Crippen LogP contribution >= 0.6 is 0 Å². The molecule has 10 aromatic rings. The van der Waals surface area contributed by atoms with E-state index in [2.05, 4.69) is 174 Å². The molecule has 0 aliphatic heterocycles. The summed E-state index contributed by atoms with van der Waals surface area (Å²) in [6.07, 6.45) is 0. The minimum Gasteiger partial charge on any atom is -0.292 e. The normalized spacial score (nSPS) is 11.8. The van der Waals surface area contributed by atoms with Gasteiger partial charge >= 0.3 is 0 Å². The highest BCUT2D eigenvalue weighted by Crippen LogP contribution is 2.40. The predicted octanol–water partition coefficient (Wildman–Crippen LogP) is 12.1. The maximum Gasteiger partial charge on any atom is 0.147 e. The summed E-state index contributed by atoms with van der Waals surface area (Å²) in [6.45, 7) is 0. The molecule has 0 amide bonds. The first-order valence-corrected chi connectivity index (χ1v) is 16.1. The van der Waals surface area contributed by atoms with Gasteiger partial charge in [0.2, 0.25) is 0 Å². The molecule has 8 aromatic carbocycles. The molecule has 2 heteroatoms. The standard InChI is InChI=1S/C45H28N2/c1-3-11-29(12-4-1)34-25-35(30-13-5-2-6-14-30)27-36(26-34)33-20-22-39-40-23-19-31-15-7-9-17-37(31)43(40)45-46-44-38-18-10-8-16-32(38)21-24-41(44)47(45)42(39)28-33/h1-28H. The molecule has 0 atom stereocenters. The summed E-state index contributed by atoms with van der Waals surface area (Å²) < 4.78 is 2.40. The maximum atomic E-state index is 5.44. The van der Waals surface area contributed by atoms with Crippen LogP contribution in [0.1, 0.15) is 0 Å². The second-order valence-corrected chi connectivity index (χ2v) is 12.4. The van der Waals surface area contributed by atoms with E-state index < -0.39 is 0 Å². The van der Waals surface area contributed by atoms with Crippen molar-refractivity contribution in [1.82, 2.24) is 9.38 Å². The molecule has 10 rings (SSSR count). The van der Waals surface area contributed by atoms with Crippen LogP contribution < -0.4 is 0 Å². The van der Waals surface area contributed by atoms with Gasteiger partial charge in [0, 0.05) is 16.2 Å². The molecule has 0 aliphatic carbocycles. The van der Waals surface area contributed by atoms with Crippen molar-refractivity contribution < 1.29 is 0 Å². The second-order valence-electron chi connectivity index (χ2n) is 12.4. The third-order valence-corrected chi connectivity index (χ3v) is 9.71. The van der Waals surface area contributed by atoms with E-state index >= 15 is 0 Å². The lowest BCUT2D eigenvalue weighted by Crippen LogP contribution is -1.94. The number of nitrogens with zero attached hydrogens (tertiary/aromatic N) is 2. The molecular formula is C45H28N2. The number of fused-ring (bicyclic) bond motifs is 12. The molecule has 0 fully saturated rings. The van der Waals surface area contributed by atoms with Crippen molar-refractivity contribution in [3.05, 3.63) is 170 Å². The molecule has 0 saturated carbocycles. The van der Waals surface area contributed by atoms with Gasteiger partial charge in [0.1, 0.15) is 5.65 Å². The Morgan fingerprint density at radius 3 is 1.60 bits per heavy atom. The molecule has 0 aliphatic rings. The number of pyridine rings is 1. The molecule has 0 unspecified atom stereocenters. The van der Waals surface area contributed by atoms with E-state index in [-0.39, 0.29) is 0 Å². The Balaban J connectivity index is 1.33. The highest BCUT2D eigenvalue weighted by Gasteiger charge is 2.18. The molecule has 0 N–H and O–H groups in total. The van der Waals surface area contributed by atoms with Gasteiger partial charge < -0.3 is 0 Å². The predicted molar refractivity (Wildman–Crippen MR) is 199 cm³/mol. The Bertz CT molecular complexity index is 2770. The quantitative estimate of drug-likeness (QED) is 0.185. The fourth-order valence-electron chi connectivity index (χ4n) is 7.47. The fraction of sp³-hybridized carbons (Fsp3) is 0. The van der Waals surface area contributed by atoms with Gasteiger partial charge in [-0.15, -0.1) is 0 Å². The van der Waals surface area contributed by atoms with Crippen molar-refractivity contribution in [2.75, 3.05) is 0 Å². The zero-order valence-corrected chi connectivity index (χ0v) is 25.6. The maximum absolute atomic E-state index is 5.44. The van der Waals surface area contributed by atoms with Crippen LogP contribution in [-0.2, 0) is 0 Å². The van der Waals surface area contributed by atoms with Gasteiger partial charge in [-0.2, -0.15) is 0 Å². The average Bonchev–Trinajstić information content (AvgIpc) is 3.55. The molecule has 47 heavy (non-hydrogen) atoms. The number of hydrogen-bond acceptors (Lipinski definition) is 1. The van der Waals surface area contributed by atoms with E-state index in [1.54, 1.807) is 0 Å². The smallest absolute Gasteiger partial charge is 0.147 e. The summed E-state index contributed by atoms with van der Waals surface area (Å²) in [5, 5.41) is 8.46. The minimum atomic E-state index is 0.996. The van der Waals surface area contributed by atoms with Gasteiger partial charge in [-0.1, -0.05) is 140 Å². The summed E-state index contributed by atoms with van der Waals surface area (Å²) in [7, 11) is 0. The summed E-state index contributed by atoms with van der Waals surface area (Å²) in [5.74, 6) is 0. The van der Waals surface area contributed by atoms with Crippen molar-refractivity contribution in [1.29, 1.82) is 0 Å².